The molecule has 0 saturated carbocycles. The van der Waals surface area contributed by atoms with Crippen molar-refractivity contribution in [1.29, 1.82) is 0 Å². The van der Waals surface area contributed by atoms with Gasteiger partial charge in [0.25, 0.3) is 5.91 Å². The number of nitrogens with zero attached hydrogens (tertiary/aromatic N) is 2. The van der Waals surface area contributed by atoms with Crippen molar-refractivity contribution in [3.8, 4) is 5.75 Å². The highest BCUT2D eigenvalue weighted by Gasteiger charge is 2.20. The molecule has 1 N–H and O–H groups in total. The molecule has 0 aliphatic carbocycles. The Hall–Kier alpha value is -2.10. The summed E-state index contributed by atoms with van der Waals surface area (Å²) in [6.45, 7) is -0.423. The van der Waals surface area contributed by atoms with Crippen LogP contribution in [0.25, 0.3) is 0 Å². The molecule has 27 heavy (non-hydrogen) atoms. The number of amides is 1. The zero-order valence-corrected chi connectivity index (χ0v) is 17.7. The number of hydrazone groups is 1. The summed E-state index contributed by atoms with van der Waals surface area (Å²) in [5.41, 5.74) is 3.28. The van der Waals surface area contributed by atoms with Crippen molar-refractivity contribution >= 4 is 55.4 Å². The Kier molecular flexibility index (Phi) is 7.23. The molecule has 0 bridgehead atoms. The van der Waals surface area contributed by atoms with Gasteiger partial charge in [-0.15, -0.1) is 0 Å². The summed E-state index contributed by atoms with van der Waals surface area (Å²) < 4.78 is 31.0. The fraction of sp³-hybridized carbons (Fsp3) is 0.176. The number of rotatable bonds is 7. The zero-order valence-electron chi connectivity index (χ0n) is 14.5. The molecule has 0 unspecified atom stereocenters. The Morgan fingerprint density at radius 2 is 1.96 bits per heavy atom. The molecule has 0 radical (unpaired) electrons. The average molecular weight is 475 g/mol. The molecule has 1 amide bonds. The summed E-state index contributed by atoms with van der Waals surface area (Å²) in [4.78, 5) is 12.2. The van der Waals surface area contributed by atoms with E-state index in [2.05, 4.69) is 26.5 Å². The number of sulfonamides is 1. The summed E-state index contributed by atoms with van der Waals surface area (Å²) in [7, 11) is -2.14. The van der Waals surface area contributed by atoms with Gasteiger partial charge in [0.05, 0.1) is 25.3 Å². The minimum absolute atomic E-state index is 0.328. The predicted octanol–water partition coefficient (Wildman–Crippen LogP) is 3.03. The smallest absolute Gasteiger partial charge is 0.260 e. The number of benzene rings is 2. The lowest BCUT2D eigenvalue weighted by atomic mass is 10.2. The molecule has 0 atom stereocenters. The van der Waals surface area contributed by atoms with E-state index in [1.54, 1.807) is 24.3 Å². The number of ether oxygens (including phenoxy) is 1. The number of nitrogens with one attached hydrogen (secondary N) is 1. The summed E-state index contributed by atoms with van der Waals surface area (Å²) in [5, 5.41) is 4.33. The van der Waals surface area contributed by atoms with Crippen molar-refractivity contribution in [3.63, 3.8) is 0 Å². The van der Waals surface area contributed by atoms with Gasteiger partial charge in [0.15, 0.2) is 0 Å². The van der Waals surface area contributed by atoms with Crippen molar-refractivity contribution in [2.24, 2.45) is 5.10 Å². The first kappa shape index (κ1) is 21.2. The fourth-order valence-corrected chi connectivity index (χ4v) is 3.51. The summed E-state index contributed by atoms with van der Waals surface area (Å²) in [6.07, 6.45) is 2.43. The number of hydrogen-bond donors (Lipinski definition) is 1. The lowest BCUT2D eigenvalue weighted by molar-refractivity contribution is -0.119. The third-order valence-electron chi connectivity index (χ3n) is 3.39. The largest absolute Gasteiger partial charge is 0.496 e. The third kappa shape index (κ3) is 6.23. The van der Waals surface area contributed by atoms with Crippen molar-refractivity contribution in [2.75, 3.05) is 24.2 Å². The van der Waals surface area contributed by atoms with E-state index in [1.165, 1.54) is 25.5 Å². The molecule has 0 spiro atoms. The highest BCUT2D eigenvalue weighted by molar-refractivity contribution is 9.10. The lowest BCUT2D eigenvalue weighted by Crippen LogP contribution is -2.39. The van der Waals surface area contributed by atoms with E-state index in [-0.39, 0.29) is 0 Å². The van der Waals surface area contributed by atoms with E-state index >= 15 is 0 Å². The van der Waals surface area contributed by atoms with Crippen LogP contribution in [0.3, 0.4) is 0 Å². The number of halogens is 2. The highest BCUT2D eigenvalue weighted by Crippen LogP contribution is 2.21. The average Bonchev–Trinajstić information content (AvgIpc) is 2.60. The van der Waals surface area contributed by atoms with Gasteiger partial charge in [-0.3, -0.25) is 9.10 Å². The van der Waals surface area contributed by atoms with Crippen LogP contribution < -0.4 is 14.5 Å². The summed E-state index contributed by atoms with van der Waals surface area (Å²) >= 11 is 9.16. The normalized spacial score (nSPS) is 11.4. The molecule has 0 heterocycles. The Morgan fingerprint density at radius 1 is 1.30 bits per heavy atom. The van der Waals surface area contributed by atoms with E-state index in [0.717, 1.165) is 15.0 Å². The molecule has 0 aliphatic rings. The van der Waals surface area contributed by atoms with Gasteiger partial charge in [0, 0.05) is 15.1 Å². The Labute approximate surface area is 171 Å². The van der Waals surface area contributed by atoms with Crippen molar-refractivity contribution in [3.05, 3.63) is 57.5 Å². The van der Waals surface area contributed by atoms with Gasteiger partial charge in [-0.2, -0.15) is 5.10 Å². The number of methoxy groups -OCH3 is 1. The molecule has 2 aromatic carbocycles. The second kappa shape index (κ2) is 9.20. The van der Waals surface area contributed by atoms with Crippen molar-refractivity contribution in [2.45, 2.75) is 0 Å². The van der Waals surface area contributed by atoms with Gasteiger partial charge in [-0.25, -0.2) is 13.8 Å². The van der Waals surface area contributed by atoms with E-state index < -0.39 is 22.5 Å². The molecule has 0 fully saturated rings. The molecular weight excluding hydrogens is 458 g/mol. The molecule has 7 nitrogen and oxygen atoms in total. The molecule has 10 heteroatoms. The molecule has 2 rings (SSSR count). The maximum atomic E-state index is 12.2. The first-order chi connectivity index (χ1) is 12.7. The zero-order chi connectivity index (χ0) is 20.0. The second-order valence-electron chi connectivity index (χ2n) is 5.43. The van der Waals surface area contributed by atoms with Crippen LogP contribution in [-0.2, 0) is 14.8 Å². The van der Waals surface area contributed by atoms with E-state index in [9.17, 15) is 13.2 Å². The lowest BCUT2D eigenvalue weighted by Gasteiger charge is -2.21. The van der Waals surface area contributed by atoms with Crippen LogP contribution in [0.15, 0.2) is 52.0 Å². The van der Waals surface area contributed by atoms with Crippen LogP contribution in [0.5, 0.6) is 5.75 Å². The Morgan fingerprint density at radius 3 is 2.56 bits per heavy atom. The van der Waals surface area contributed by atoms with E-state index in [4.69, 9.17) is 16.3 Å². The summed E-state index contributed by atoms with van der Waals surface area (Å²) in [5.74, 6) is -0.0179. The number of carbonyl (C=O) groups excluding carboxylic acids is 1. The minimum Gasteiger partial charge on any atom is -0.496 e. The number of carbonyl (C=O) groups is 1. The first-order valence-electron chi connectivity index (χ1n) is 7.59. The van der Waals surface area contributed by atoms with Crippen LogP contribution in [0.1, 0.15) is 5.56 Å². The van der Waals surface area contributed by atoms with Crippen LogP contribution in [0.2, 0.25) is 5.02 Å². The molecule has 0 saturated heterocycles. The van der Waals surface area contributed by atoms with Gasteiger partial charge in [0.1, 0.15) is 12.3 Å². The van der Waals surface area contributed by atoms with Crippen LogP contribution >= 0.6 is 27.5 Å². The fourth-order valence-electron chi connectivity index (χ4n) is 2.15. The maximum absolute atomic E-state index is 12.2. The highest BCUT2D eigenvalue weighted by atomic mass is 79.9. The van der Waals surface area contributed by atoms with Gasteiger partial charge in [0.2, 0.25) is 10.0 Å². The van der Waals surface area contributed by atoms with E-state index in [1.807, 2.05) is 6.07 Å². The first-order valence-corrected chi connectivity index (χ1v) is 10.6. The third-order valence-corrected chi connectivity index (χ3v) is 5.27. The van der Waals surface area contributed by atoms with Crippen molar-refractivity contribution < 1.29 is 17.9 Å². The molecular formula is C17H17BrClN3O4S. The van der Waals surface area contributed by atoms with Crippen LogP contribution in [0.4, 0.5) is 5.69 Å². The minimum atomic E-state index is -3.67. The second-order valence-corrected chi connectivity index (χ2v) is 8.68. The molecule has 144 valence electrons. The van der Waals surface area contributed by atoms with Gasteiger partial charge >= 0.3 is 0 Å². The van der Waals surface area contributed by atoms with Gasteiger partial charge in [-0.05, 0) is 42.5 Å². The standard InChI is InChI=1S/C17H17BrClN3O4S/c1-26-16-8-3-13(18)9-12(16)10-20-21-17(23)11-22(27(2,24)25)15-6-4-14(19)5-7-15/h3-10H,11H2,1-2H3,(H,21,23). The SMILES string of the molecule is COc1ccc(Br)cc1C=NNC(=O)CN(c1ccc(Cl)cc1)S(C)(=O)=O. The number of anilines is 1. The van der Waals surface area contributed by atoms with Gasteiger partial charge < -0.3 is 4.74 Å². The predicted molar refractivity (Wildman–Crippen MR) is 110 cm³/mol. The quantitative estimate of drug-likeness (QED) is 0.493. The van der Waals surface area contributed by atoms with Crippen molar-refractivity contribution in [1.82, 2.24) is 5.43 Å². The Balaban J connectivity index is 2.10. The molecule has 0 aromatic heterocycles. The van der Waals surface area contributed by atoms with E-state index in [0.29, 0.717) is 22.0 Å². The summed E-state index contributed by atoms with van der Waals surface area (Å²) in [6, 6.07) is 11.5. The Bertz CT molecular complexity index is 949. The number of hydrogen-bond acceptors (Lipinski definition) is 5. The molecule has 0 aliphatic heterocycles. The monoisotopic (exact) mass is 473 g/mol. The molecule has 2 aromatic rings. The van der Waals surface area contributed by atoms with Crippen LogP contribution in [0, 0.1) is 0 Å². The van der Waals surface area contributed by atoms with Crippen LogP contribution in [-0.4, -0.2) is 40.4 Å². The topological polar surface area (TPSA) is 88.1 Å². The maximum Gasteiger partial charge on any atom is 0.260 e. The van der Waals surface area contributed by atoms with Gasteiger partial charge in [-0.1, -0.05) is 27.5 Å².